The van der Waals surface area contributed by atoms with Gasteiger partial charge in [0.25, 0.3) is 0 Å². The van der Waals surface area contributed by atoms with Gasteiger partial charge in [-0.3, -0.25) is 0 Å². The van der Waals surface area contributed by atoms with Crippen molar-refractivity contribution in [1.29, 1.82) is 0 Å². The van der Waals surface area contributed by atoms with Gasteiger partial charge in [-0.15, -0.1) is 0 Å². The second-order valence-corrected chi connectivity index (χ2v) is 3.12. The van der Waals surface area contributed by atoms with Gasteiger partial charge in [-0.05, 0) is 36.2 Å². The zero-order valence-corrected chi connectivity index (χ0v) is 8.19. The first kappa shape index (κ1) is 9.06. The normalized spacial score (nSPS) is 14.1. The molecule has 14 heavy (non-hydrogen) atoms. The van der Waals surface area contributed by atoms with Crippen LogP contribution in [0.15, 0.2) is 23.4 Å². The van der Waals surface area contributed by atoms with E-state index in [1.165, 1.54) is 5.56 Å². The third-order valence-corrected chi connectivity index (χ3v) is 2.12. The minimum Gasteiger partial charge on any atom is -0.493 e. The molecule has 0 radical (unpaired) electrons. The quantitative estimate of drug-likeness (QED) is 0.540. The molecule has 74 valence electrons. The SMILES string of the molecule is CCON=Cc1ccc2c(c1)CCO2. The molecule has 1 aliphatic heterocycles. The number of benzene rings is 1. The van der Waals surface area contributed by atoms with Crippen LogP contribution in [-0.2, 0) is 11.3 Å². The Morgan fingerprint density at radius 2 is 2.50 bits per heavy atom. The first-order valence-electron chi connectivity index (χ1n) is 4.81. The topological polar surface area (TPSA) is 30.8 Å². The van der Waals surface area contributed by atoms with Gasteiger partial charge in [0, 0.05) is 6.42 Å². The predicted octanol–water partition coefficient (Wildman–Crippen LogP) is 1.99. The molecule has 1 heterocycles. The maximum absolute atomic E-state index is 5.40. The number of nitrogens with zero attached hydrogens (tertiary/aromatic N) is 1. The third kappa shape index (κ3) is 1.87. The summed E-state index contributed by atoms with van der Waals surface area (Å²) in [6.07, 6.45) is 2.72. The van der Waals surface area contributed by atoms with E-state index in [-0.39, 0.29) is 0 Å². The zero-order chi connectivity index (χ0) is 9.80. The Hall–Kier alpha value is -1.51. The van der Waals surface area contributed by atoms with Crippen LogP contribution < -0.4 is 4.74 Å². The van der Waals surface area contributed by atoms with Gasteiger partial charge in [0.15, 0.2) is 0 Å². The molecular formula is C11H13NO2. The first-order chi connectivity index (χ1) is 6.90. The molecule has 3 heteroatoms. The summed E-state index contributed by atoms with van der Waals surface area (Å²) in [5.74, 6) is 0.999. The van der Waals surface area contributed by atoms with Crippen LogP contribution in [0.3, 0.4) is 0 Å². The molecule has 2 rings (SSSR count). The highest BCUT2D eigenvalue weighted by molar-refractivity contribution is 5.80. The van der Waals surface area contributed by atoms with Gasteiger partial charge in [-0.1, -0.05) is 5.16 Å². The largest absolute Gasteiger partial charge is 0.493 e. The fourth-order valence-electron chi connectivity index (χ4n) is 1.46. The van der Waals surface area contributed by atoms with Crippen LogP contribution >= 0.6 is 0 Å². The molecule has 0 saturated heterocycles. The van der Waals surface area contributed by atoms with E-state index in [0.29, 0.717) is 6.61 Å². The van der Waals surface area contributed by atoms with Gasteiger partial charge < -0.3 is 9.57 Å². The predicted molar refractivity (Wildman–Crippen MR) is 54.9 cm³/mol. The highest BCUT2D eigenvalue weighted by Crippen LogP contribution is 2.25. The molecule has 0 bridgehead atoms. The minimum absolute atomic E-state index is 0.602. The molecule has 3 nitrogen and oxygen atoms in total. The Kier molecular flexibility index (Phi) is 2.68. The van der Waals surface area contributed by atoms with Crippen LogP contribution in [0.4, 0.5) is 0 Å². The third-order valence-electron chi connectivity index (χ3n) is 2.12. The Morgan fingerprint density at radius 1 is 1.57 bits per heavy atom. The smallest absolute Gasteiger partial charge is 0.122 e. The minimum atomic E-state index is 0.602. The molecule has 0 spiro atoms. The maximum Gasteiger partial charge on any atom is 0.122 e. The van der Waals surface area contributed by atoms with Crippen molar-refractivity contribution in [2.75, 3.05) is 13.2 Å². The summed E-state index contributed by atoms with van der Waals surface area (Å²) in [6, 6.07) is 6.05. The van der Waals surface area contributed by atoms with Crippen molar-refractivity contribution in [3.8, 4) is 5.75 Å². The number of rotatable bonds is 3. The molecule has 0 atom stereocenters. The van der Waals surface area contributed by atoms with E-state index in [0.717, 1.165) is 24.3 Å². The second kappa shape index (κ2) is 4.13. The second-order valence-electron chi connectivity index (χ2n) is 3.12. The number of oxime groups is 1. The van der Waals surface area contributed by atoms with Crippen molar-refractivity contribution < 1.29 is 9.57 Å². The molecular weight excluding hydrogens is 178 g/mol. The Morgan fingerprint density at radius 3 is 3.36 bits per heavy atom. The van der Waals surface area contributed by atoms with Crippen molar-refractivity contribution in [1.82, 2.24) is 0 Å². The summed E-state index contributed by atoms with van der Waals surface area (Å²) < 4.78 is 5.40. The van der Waals surface area contributed by atoms with Gasteiger partial charge >= 0.3 is 0 Å². The summed E-state index contributed by atoms with van der Waals surface area (Å²) in [5, 5.41) is 3.82. The van der Waals surface area contributed by atoms with Crippen LogP contribution in [0.5, 0.6) is 5.75 Å². The molecule has 1 aliphatic rings. The molecule has 0 unspecified atom stereocenters. The molecule has 0 aromatic heterocycles. The lowest BCUT2D eigenvalue weighted by Crippen LogP contribution is -1.86. The van der Waals surface area contributed by atoms with Crippen LogP contribution in [-0.4, -0.2) is 19.4 Å². The summed E-state index contributed by atoms with van der Waals surface area (Å²) >= 11 is 0. The standard InChI is InChI=1S/C11H13NO2/c1-2-14-12-8-9-3-4-11-10(7-9)5-6-13-11/h3-4,7-8H,2,5-6H2,1H3. The van der Waals surface area contributed by atoms with E-state index in [1.54, 1.807) is 6.21 Å². The lowest BCUT2D eigenvalue weighted by atomic mass is 10.1. The summed E-state index contributed by atoms with van der Waals surface area (Å²) in [5.41, 5.74) is 2.31. The van der Waals surface area contributed by atoms with Crippen molar-refractivity contribution in [2.24, 2.45) is 5.16 Å². The van der Waals surface area contributed by atoms with E-state index in [4.69, 9.17) is 9.57 Å². The molecule has 1 aromatic carbocycles. The average Bonchev–Trinajstić information content (AvgIpc) is 2.65. The molecule has 0 fully saturated rings. The Labute approximate surface area is 83.3 Å². The van der Waals surface area contributed by atoms with Crippen molar-refractivity contribution >= 4 is 6.21 Å². The highest BCUT2D eigenvalue weighted by Gasteiger charge is 2.10. The van der Waals surface area contributed by atoms with E-state index in [9.17, 15) is 0 Å². The van der Waals surface area contributed by atoms with E-state index in [1.807, 2.05) is 19.1 Å². The van der Waals surface area contributed by atoms with E-state index in [2.05, 4.69) is 11.2 Å². The van der Waals surface area contributed by atoms with Gasteiger partial charge in [0.2, 0.25) is 0 Å². The summed E-state index contributed by atoms with van der Waals surface area (Å²) in [4.78, 5) is 4.89. The fraction of sp³-hybridized carbons (Fsp3) is 0.364. The monoisotopic (exact) mass is 191 g/mol. The fourth-order valence-corrected chi connectivity index (χ4v) is 1.46. The lowest BCUT2D eigenvalue weighted by Gasteiger charge is -1.99. The van der Waals surface area contributed by atoms with Crippen molar-refractivity contribution in [2.45, 2.75) is 13.3 Å². The van der Waals surface area contributed by atoms with E-state index < -0.39 is 0 Å². The number of fused-ring (bicyclic) bond motifs is 1. The van der Waals surface area contributed by atoms with Gasteiger partial charge in [0.05, 0.1) is 12.8 Å². The van der Waals surface area contributed by atoms with Crippen molar-refractivity contribution in [3.63, 3.8) is 0 Å². The summed E-state index contributed by atoms with van der Waals surface area (Å²) in [6.45, 7) is 3.31. The Bertz CT molecular complexity index is 347. The lowest BCUT2D eigenvalue weighted by molar-refractivity contribution is 0.160. The number of hydrogen-bond donors (Lipinski definition) is 0. The molecule has 0 N–H and O–H groups in total. The average molecular weight is 191 g/mol. The van der Waals surface area contributed by atoms with Gasteiger partial charge in [-0.2, -0.15) is 0 Å². The van der Waals surface area contributed by atoms with Crippen molar-refractivity contribution in [3.05, 3.63) is 29.3 Å². The molecule has 0 aliphatic carbocycles. The molecule has 0 saturated carbocycles. The van der Waals surface area contributed by atoms with Gasteiger partial charge in [0.1, 0.15) is 12.4 Å². The first-order valence-corrected chi connectivity index (χ1v) is 4.81. The van der Waals surface area contributed by atoms with Crippen LogP contribution in [0.1, 0.15) is 18.1 Å². The van der Waals surface area contributed by atoms with Crippen LogP contribution in [0.2, 0.25) is 0 Å². The molecule has 0 amide bonds. The van der Waals surface area contributed by atoms with Crippen LogP contribution in [0, 0.1) is 0 Å². The summed E-state index contributed by atoms with van der Waals surface area (Å²) in [7, 11) is 0. The maximum atomic E-state index is 5.40. The zero-order valence-electron chi connectivity index (χ0n) is 8.19. The Balaban J connectivity index is 2.12. The molecule has 1 aromatic rings. The number of hydrogen-bond acceptors (Lipinski definition) is 3. The van der Waals surface area contributed by atoms with Crippen LogP contribution in [0.25, 0.3) is 0 Å². The van der Waals surface area contributed by atoms with E-state index >= 15 is 0 Å². The highest BCUT2D eigenvalue weighted by atomic mass is 16.6. The van der Waals surface area contributed by atoms with Gasteiger partial charge in [-0.25, -0.2) is 0 Å². The number of ether oxygens (including phenoxy) is 1.